The topological polar surface area (TPSA) is 90.1 Å². The van der Waals surface area contributed by atoms with E-state index in [1.807, 2.05) is 37.3 Å². The number of nitrogens with zero attached hydrogens (tertiary/aromatic N) is 2. The molecule has 3 N–H and O–H groups in total. The highest BCUT2D eigenvalue weighted by molar-refractivity contribution is 5.84. The van der Waals surface area contributed by atoms with Gasteiger partial charge in [0.05, 0.1) is 7.11 Å². The maximum Gasteiger partial charge on any atom is 0.412 e. The largest absolute Gasteiger partial charge is 0.453 e. The molecule has 0 radical (unpaired) electrons. The number of ether oxygens (including phenoxy) is 1. The van der Waals surface area contributed by atoms with Crippen LogP contribution in [0.5, 0.6) is 0 Å². The first-order valence-corrected chi connectivity index (χ1v) is 7.70. The van der Waals surface area contributed by atoms with Crippen LogP contribution in [-0.2, 0) is 4.74 Å². The number of pyridine rings is 2. The summed E-state index contributed by atoms with van der Waals surface area (Å²) in [7, 11) is 1.31. The lowest BCUT2D eigenvalue weighted by Gasteiger charge is -2.10. The monoisotopic (exact) mass is 334 g/mol. The summed E-state index contributed by atoms with van der Waals surface area (Å²) in [4.78, 5) is 19.8. The molecule has 6 heteroatoms. The lowest BCUT2D eigenvalue weighted by Crippen LogP contribution is -2.11. The van der Waals surface area contributed by atoms with Crippen LogP contribution in [0.2, 0.25) is 0 Å². The van der Waals surface area contributed by atoms with Crippen LogP contribution in [0.4, 0.5) is 16.3 Å². The summed E-state index contributed by atoms with van der Waals surface area (Å²) < 4.78 is 4.59. The van der Waals surface area contributed by atoms with Gasteiger partial charge < -0.3 is 10.5 Å². The summed E-state index contributed by atoms with van der Waals surface area (Å²) >= 11 is 0. The molecule has 6 nitrogen and oxygen atoms in total. The Kier molecular flexibility index (Phi) is 4.61. The smallest absolute Gasteiger partial charge is 0.412 e. The Morgan fingerprint density at radius 2 is 1.88 bits per heavy atom. The molecule has 0 fully saturated rings. The number of benzene rings is 1. The Morgan fingerprint density at radius 1 is 1.08 bits per heavy atom. The second-order valence-corrected chi connectivity index (χ2v) is 5.58. The highest BCUT2D eigenvalue weighted by Crippen LogP contribution is 2.29. The quantitative estimate of drug-likeness (QED) is 0.709. The minimum absolute atomic E-state index is 0.412. The zero-order valence-corrected chi connectivity index (χ0v) is 14.0. The Bertz CT molecular complexity index is 925. The SMILES string of the molecule is COC(=O)Nc1cc(-c2cncc(-c3cc(N)ccc3C)c2)ccn1. The number of methoxy groups -OCH3 is 1. The number of rotatable bonds is 3. The number of nitrogens with one attached hydrogen (secondary N) is 1. The van der Waals surface area contributed by atoms with E-state index in [-0.39, 0.29) is 0 Å². The first-order valence-electron chi connectivity index (χ1n) is 7.70. The number of aryl methyl sites for hydroxylation is 1. The minimum Gasteiger partial charge on any atom is -0.453 e. The third-order valence-corrected chi connectivity index (χ3v) is 3.82. The fraction of sp³-hybridized carbons (Fsp3) is 0.105. The molecular weight excluding hydrogens is 316 g/mol. The number of nitrogens with two attached hydrogens (primary N) is 1. The van der Waals surface area contributed by atoms with Crippen LogP contribution in [0, 0.1) is 6.92 Å². The molecular formula is C19H18N4O2. The van der Waals surface area contributed by atoms with Gasteiger partial charge in [-0.15, -0.1) is 0 Å². The lowest BCUT2D eigenvalue weighted by molar-refractivity contribution is 0.187. The lowest BCUT2D eigenvalue weighted by atomic mass is 9.98. The Morgan fingerprint density at radius 3 is 2.68 bits per heavy atom. The van der Waals surface area contributed by atoms with E-state index in [0.717, 1.165) is 27.8 Å². The van der Waals surface area contributed by atoms with Crippen molar-refractivity contribution in [3.8, 4) is 22.3 Å². The number of hydrogen-bond donors (Lipinski definition) is 2. The molecule has 3 rings (SSSR count). The summed E-state index contributed by atoms with van der Waals surface area (Å²) in [6.07, 6.45) is 4.63. The van der Waals surface area contributed by atoms with Gasteiger partial charge in [-0.1, -0.05) is 6.07 Å². The van der Waals surface area contributed by atoms with Gasteiger partial charge in [0, 0.05) is 35.4 Å². The van der Waals surface area contributed by atoms with E-state index in [9.17, 15) is 4.79 Å². The van der Waals surface area contributed by atoms with Gasteiger partial charge >= 0.3 is 6.09 Å². The highest BCUT2D eigenvalue weighted by Gasteiger charge is 2.08. The van der Waals surface area contributed by atoms with Gasteiger partial charge in [-0.3, -0.25) is 10.3 Å². The van der Waals surface area contributed by atoms with Crippen molar-refractivity contribution in [3.63, 3.8) is 0 Å². The van der Waals surface area contributed by atoms with Crippen molar-refractivity contribution in [3.05, 3.63) is 60.6 Å². The third kappa shape index (κ3) is 3.74. The van der Waals surface area contributed by atoms with Crippen molar-refractivity contribution in [1.29, 1.82) is 0 Å². The van der Waals surface area contributed by atoms with Gasteiger partial charge in [0.1, 0.15) is 5.82 Å². The van der Waals surface area contributed by atoms with Crippen molar-refractivity contribution in [2.24, 2.45) is 0 Å². The van der Waals surface area contributed by atoms with E-state index < -0.39 is 6.09 Å². The van der Waals surface area contributed by atoms with Gasteiger partial charge in [-0.25, -0.2) is 9.78 Å². The molecule has 126 valence electrons. The number of nitrogen functional groups attached to an aromatic ring is 1. The van der Waals surface area contributed by atoms with Crippen LogP contribution in [0.3, 0.4) is 0 Å². The average molecular weight is 334 g/mol. The zero-order chi connectivity index (χ0) is 17.8. The molecule has 0 spiro atoms. The van der Waals surface area contributed by atoms with Crippen LogP contribution in [0.1, 0.15) is 5.56 Å². The van der Waals surface area contributed by atoms with Crippen LogP contribution in [0.15, 0.2) is 55.0 Å². The fourth-order valence-electron chi connectivity index (χ4n) is 2.53. The van der Waals surface area contributed by atoms with E-state index in [1.165, 1.54) is 7.11 Å². The third-order valence-electron chi connectivity index (χ3n) is 3.82. The Balaban J connectivity index is 1.98. The Labute approximate surface area is 145 Å². The van der Waals surface area contributed by atoms with Gasteiger partial charge in [0.25, 0.3) is 0 Å². The predicted octanol–water partition coefficient (Wildman–Crippen LogP) is 3.88. The summed E-state index contributed by atoms with van der Waals surface area (Å²) in [6, 6.07) is 11.5. The first-order chi connectivity index (χ1) is 12.1. The van der Waals surface area contributed by atoms with E-state index in [4.69, 9.17) is 5.73 Å². The Hall–Kier alpha value is -3.41. The first kappa shape index (κ1) is 16.4. The van der Waals surface area contributed by atoms with Crippen molar-refractivity contribution in [2.75, 3.05) is 18.2 Å². The normalized spacial score (nSPS) is 10.3. The van der Waals surface area contributed by atoms with Crippen LogP contribution >= 0.6 is 0 Å². The molecule has 2 aromatic heterocycles. The molecule has 0 aliphatic heterocycles. The second-order valence-electron chi connectivity index (χ2n) is 5.58. The molecule has 0 unspecified atom stereocenters. The van der Waals surface area contributed by atoms with Crippen molar-refractivity contribution >= 4 is 17.6 Å². The number of carbonyl (C=O) groups excluding carboxylic acids is 1. The predicted molar refractivity (Wildman–Crippen MR) is 98.1 cm³/mol. The van der Waals surface area contributed by atoms with Gasteiger partial charge in [0.2, 0.25) is 0 Å². The molecule has 25 heavy (non-hydrogen) atoms. The van der Waals surface area contributed by atoms with Crippen molar-refractivity contribution in [2.45, 2.75) is 6.92 Å². The maximum absolute atomic E-state index is 11.3. The van der Waals surface area contributed by atoms with Crippen LogP contribution < -0.4 is 11.1 Å². The number of carbonyl (C=O) groups is 1. The summed E-state index contributed by atoms with van der Waals surface area (Å²) in [5, 5.41) is 2.56. The van der Waals surface area contributed by atoms with E-state index >= 15 is 0 Å². The molecule has 0 bridgehead atoms. The number of aromatic nitrogens is 2. The standard InChI is InChI=1S/C19H18N4O2/c1-12-3-4-16(20)9-17(12)15-7-14(10-21-11-15)13-5-6-22-18(8-13)23-19(24)25-2/h3-11H,20H2,1-2H3,(H,22,23,24). The zero-order valence-electron chi connectivity index (χ0n) is 14.0. The van der Waals surface area contributed by atoms with Gasteiger partial charge in [0.15, 0.2) is 0 Å². The fourth-order valence-corrected chi connectivity index (χ4v) is 2.53. The van der Waals surface area contributed by atoms with Crippen molar-refractivity contribution in [1.82, 2.24) is 9.97 Å². The number of hydrogen-bond acceptors (Lipinski definition) is 5. The summed E-state index contributed by atoms with van der Waals surface area (Å²) in [6.45, 7) is 2.03. The van der Waals surface area contributed by atoms with Gasteiger partial charge in [-0.2, -0.15) is 0 Å². The average Bonchev–Trinajstić information content (AvgIpc) is 2.64. The van der Waals surface area contributed by atoms with E-state index in [1.54, 1.807) is 24.7 Å². The molecule has 1 aromatic carbocycles. The van der Waals surface area contributed by atoms with Crippen LogP contribution in [-0.4, -0.2) is 23.2 Å². The second kappa shape index (κ2) is 7.00. The van der Waals surface area contributed by atoms with Gasteiger partial charge in [-0.05, 0) is 53.9 Å². The maximum atomic E-state index is 11.3. The molecule has 0 aliphatic rings. The summed E-state index contributed by atoms with van der Waals surface area (Å²) in [5.41, 5.74) is 11.6. The molecule has 0 saturated heterocycles. The number of anilines is 2. The van der Waals surface area contributed by atoms with E-state index in [0.29, 0.717) is 11.5 Å². The molecule has 0 saturated carbocycles. The number of amides is 1. The van der Waals surface area contributed by atoms with E-state index in [2.05, 4.69) is 20.0 Å². The molecule has 0 atom stereocenters. The molecule has 0 aliphatic carbocycles. The highest BCUT2D eigenvalue weighted by atomic mass is 16.5. The minimum atomic E-state index is -0.563. The van der Waals surface area contributed by atoms with Crippen LogP contribution in [0.25, 0.3) is 22.3 Å². The molecule has 3 aromatic rings. The summed E-state index contributed by atoms with van der Waals surface area (Å²) in [5.74, 6) is 0.412. The molecule has 1 amide bonds. The van der Waals surface area contributed by atoms with Crippen molar-refractivity contribution < 1.29 is 9.53 Å². The molecule has 2 heterocycles.